The van der Waals surface area contributed by atoms with E-state index in [-0.39, 0.29) is 5.91 Å². The molecule has 0 radical (unpaired) electrons. The van der Waals surface area contributed by atoms with Crippen LogP contribution in [-0.2, 0) is 4.79 Å². The number of benzene rings is 3. The topological polar surface area (TPSA) is 50.7 Å². The van der Waals surface area contributed by atoms with Crippen molar-refractivity contribution in [1.29, 1.82) is 0 Å². The van der Waals surface area contributed by atoms with Gasteiger partial charge in [-0.2, -0.15) is 0 Å². The van der Waals surface area contributed by atoms with Crippen molar-refractivity contribution in [3.05, 3.63) is 77.2 Å². The van der Waals surface area contributed by atoms with Gasteiger partial charge in [-0.05, 0) is 46.8 Å². The molecule has 0 saturated carbocycles. The molecule has 0 atom stereocenters. The summed E-state index contributed by atoms with van der Waals surface area (Å²) in [4.78, 5) is 17.4. The lowest BCUT2D eigenvalue weighted by atomic mass is 10.1. The fourth-order valence-corrected chi connectivity index (χ4v) is 3.60. The molecule has 5 heteroatoms. The van der Waals surface area contributed by atoms with Gasteiger partial charge in [0.05, 0.1) is 17.7 Å². The lowest BCUT2D eigenvalue weighted by Gasteiger charge is -2.03. The minimum atomic E-state index is -0.152. The van der Waals surface area contributed by atoms with E-state index in [9.17, 15) is 4.79 Å². The highest BCUT2D eigenvalue weighted by atomic mass is 32.2. The van der Waals surface area contributed by atoms with E-state index in [1.807, 2.05) is 66.7 Å². The molecule has 0 aliphatic carbocycles. The number of hydrogen-bond acceptors (Lipinski definition) is 4. The quantitative estimate of drug-likeness (QED) is 0.687. The van der Waals surface area contributed by atoms with Crippen LogP contribution in [0.4, 0.5) is 5.69 Å². The molecule has 1 aliphatic heterocycles. The summed E-state index contributed by atoms with van der Waals surface area (Å²) in [7, 11) is 1.62. The van der Waals surface area contributed by atoms with Crippen molar-refractivity contribution in [3.8, 4) is 5.75 Å². The second-order valence-corrected chi connectivity index (χ2v) is 6.79. The highest BCUT2D eigenvalue weighted by molar-refractivity contribution is 8.18. The monoisotopic (exact) mass is 360 g/mol. The summed E-state index contributed by atoms with van der Waals surface area (Å²) in [6.07, 6.45) is 1.82. The Morgan fingerprint density at radius 3 is 2.62 bits per heavy atom. The maximum Gasteiger partial charge on any atom is 0.264 e. The first-order valence-electron chi connectivity index (χ1n) is 8.14. The van der Waals surface area contributed by atoms with Gasteiger partial charge in [-0.25, -0.2) is 4.99 Å². The SMILES string of the molecule is COc1ccccc1/C=C1\SC(=Nc2ccc3ccccc3c2)NC1=O. The van der Waals surface area contributed by atoms with Gasteiger partial charge >= 0.3 is 0 Å². The maximum absolute atomic E-state index is 12.3. The third-order valence-electron chi connectivity index (χ3n) is 4.04. The number of amides is 1. The van der Waals surface area contributed by atoms with Crippen molar-refractivity contribution in [2.45, 2.75) is 0 Å². The highest BCUT2D eigenvalue weighted by Crippen LogP contribution is 2.31. The van der Waals surface area contributed by atoms with Crippen LogP contribution in [0.5, 0.6) is 5.75 Å². The zero-order chi connectivity index (χ0) is 17.9. The van der Waals surface area contributed by atoms with E-state index >= 15 is 0 Å². The molecule has 4 nitrogen and oxygen atoms in total. The van der Waals surface area contributed by atoms with Crippen molar-refractivity contribution in [3.63, 3.8) is 0 Å². The Kier molecular flexibility index (Phi) is 4.46. The summed E-state index contributed by atoms with van der Waals surface area (Å²) < 4.78 is 5.34. The molecule has 1 aliphatic rings. The van der Waals surface area contributed by atoms with Crippen LogP contribution in [-0.4, -0.2) is 18.2 Å². The smallest absolute Gasteiger partial charge is 0.264 e. The summed E-state index contributed by atoms with van der Waals surface area (Å²) in [5, 5.41) is 5.68. The Morgan fingerprint density at radius 1 is 1.00 bits per heavy atom. The summed E-state index contributed by atoms with van der Waals surface area (Å²) in [5.41, 5.74) is 1.67. The standard InChI is InChI=1S/C21H16N2O2S/c1-25-18-9-5-4-8-16(18)13-19-20(24)23-21(26-19)22-17-11-10-14-6-2-3-7-15(14)12-17/h2-13H,1H3,(H,22,23,24)/b19-13-. The number of para-hydroxylation sites is 1. The van der Waals surface area contributed by atoms with Crippen LogP contribution in [0.25, 0.3) is 16.8 Å². The Bertz CT molecular complexity index is 1060. The second-order valence-electron chi connectivity index (χ2n) is 5.76. The number of amidine groups is 1. The lowest BCUT2D eigenvalue weighted by molar-refractivity contribution is -0.115. The number of hydrogen-bond donors (Lipinski definition) is 1. The number of fused-ring (bicyclic) bond motifs is 1. The molecule has 1 heterocycles. The molecule has 3 aromatic rings. The number of methoxy groups -OCH3 is 1. The van der Waals surface area contributed by atoms with Crippen LogP contribution >= 0.6 is 11.8 Å². The predicted octanol–water partition coefficient (Wildman–Crippen LogP) is 4.74. The summed E-state index contributed by atoms with van der Waals surface area (Å²) in [6, 6.07) is 21.7. The molecular formula is C21H16N2O2S. The molecule has 1 fully saturated rings. The van der Waals surface area contributed by atoms with Gasteiger partial charge in [0.2, 0.25) is 0 Å². The van der Waals surface area contributed by atoms with E-state index in [0.717, 1.165) is 27.8 Å². The molecule has 1 N–H and O–H groups in total. The summed E-state index contributed by atoms with van der Waals surface area (Å²) in [5.74, 6) is 0.578. The van der Waals surface area contributed by atoms with E-state index in [2.05, 4.69) is 16.4 Å². The van der Waals surface area contributed by atoms with Gasteiger partial charge in [-0.1, -0.05) is 48.5 Å². The number of carbonyl (C=O) groups is 1. The first-order valence-corrected chi connectivity index (χ1v) is 8.96. The van der Waals surface area contributed by atoms with Gasteiger partial charge in [0, 0.05) is 5.56 Å². The molecule has 128 valence electrons. The van der Waals surface area contributed by atoms with Crippen LogP contribution in [0.1, 0.15) is 5.56 Å². The minimum Gasteiger partial charge on any atom is -0.496 e. The average molecular weight is 360 g/mol. The molecule has 3 aromatic carbocycles. The molecule has 4 rings (SSSR count). The van der Waals surface area contributed by atoms with Gasteiger partial charge in [-0.3, -0.25) is 4.79 Å². The molecule has 0 aromatic heterocycles. The highest BCUT2D eigenvalue weighted by Gasteiger charge is 2.24. The van der Waals surface area contributed by atoms with Gasteiger partial charge < -0.3 is 10.1 Å². The number of ether oxygens (including phenoxy) is 1. The fraction of sp³-hybridized carbons (Fsp3) is 0.0476. The summed E-state index contributed by atoms with van der Waals surface area (Å²) in [6.45, 7) is 0. The third kappa shape index (κ3) is 3.34. The van der Waals surface area contributed by atoms with E-state index in [1.54, 1.807) is 7.11 Å². The molecule has 0 spiro atoms. The van der Waals surface area contributed by atoms with Crippen molar-refractivity contribution < 1.29 is 9.53 Å². The predicted molar refractivity (Wildman–Crippen MR) is 108 cm³/mol. The zero-order valence-electron chi connectivity index (χ0n) is 14.1. The Balaban J connectivity index is 1.62. The van der Waals surface area contributed by atoms with Crippen molar-refractivity contribution in [2.24, 2.45) is 4.99 Å². The summed E-state index contributed by atoms with van der Waals surface area (Å²) >= 11 is 1.33. The van der Waals surface area contributed by atoms with Crippen LogP contribution in [0, 0.1) is 0 Å². The van der Waals surface area contributed by atoms with Crippen molar-refractivity contribution >= 4 is 45.4 Å². The molecule has 26 heavy (non-hydrogen) atoms. The van der Waals surface area contributed by atoms with E-state index in [0.29, 0.717) is 10.1 Å². The van der Waals surface area contributed by atoms with Crippen LogP contribution in [0.2, 0.25) is 0 Å². The number of nitrogens with zero attached hydrogens (tertiary/aromatic N) is 1. The van der Waals surface area contributed by atoms with Gasteiger partial charge in [0.15, 0.2) is 5.17 Å². The van der Waals surface area contributed by atoms with Gasteiger partial charge in [0.1, 0.15) is 5.75 Å². The Labute approximate surface area is 155 Å². The molecule has 1 amide bonds. The average Bonchev–Trinajstić information content (AvgIpc) is 3.01. The zero-order valence-corrected chi connectivity index (χ0v) is 14.9. The van der Waals surface area contributed by atoms with Gasteiger partial charge in [0.25, 0.3) is 5.91 Å². The van der Waals surface area contributed by atoms with E-state index < -0.39 is 0 Å². The Hall–Kier alpha value is -3.05. The second kappa shape index (κ2) is 7.06. The number of thioether (sulfide) groups is 1. The van der Waals surface area contributed by atoms with Crippen LogP contribution in [0.15, 0.2) is 76.6 Å². The molecule has 1 saturated heterocycles. The Morgan fingerprint density at radius 2 is 1.77 bits per heavy atom. The number of aliphatic imine (C=N–C) groups is 1. The van der Waals surface area contributed by atoms with Crippen molar-refractivity contribution in [2.75, 3.05) is 7.11 Å². The van der Waals surface area contributed by atoms with Crippen LogP contribution < -0.4 is 10.1 Å². The number of carbonyl (C=O) groups excluding carboxylic acids is 1. The normalized spacial score (nSPS) is 17.0. The largest absolute Gasteiger partial charge is 0.496 e. The number of rotatable bonds is 3. The lowest BCUT2D eigenvalue weighted by Crippen LogP contribution is -2.19. The first-order chi connectivity index (χ1) is 12.7. The van der Waals surface area contributed by atoms with E-state index in [4.69, 9.17) is 4.74 Å². The fourth-order valence-electron chi connectivity index (χ4n) is 2.77. The first kappa shape index (κ1) is 16.4. The van der Waals surface area contributed by atoms with Gasteiger partial charge in [-0.15, -0.1) is 0 Å². The van der Waals surface area contributed by atoms with Crippen molar-refractivity contribution in [1.82, 2.24) is 5.32 Å². The van der Waals surface area contributed by atoms with Crippen LogP contribution in [0.3, 0.4) is 0 Å². The number of nitrogens with one attached hydrogen (secondary N) is 1. The minimum absolute atomic E-state index is 0.152. The third-order valence-corrected chi connectivity index (χ3v) is 4.95. The molecule has 0 unspecified atom stereocenters. The van der Waals surface area contributed by atoms with E-state index in [1.165, 1.54) is 11.8 Å². The molecular weight excluding hydrogens is 344 g/mol. The molecule has 0 bridgehead atoms. The maximum atomic E-state index is 12.3.